The van der Waals surface area contributed by atoms with E-state index in [1.165, 1.54) is 18.2 Å². The minimum atomic E-state index is -2.96. The molecule has 0 saturated carbocycles. The van der Waals surface area contributed by atoms with Crippen molar-refractivity contribution in [3.05, 3.63) is 72.3 Å². The van der Waals surface area contributed by atoms with Crippen molar-refractivity contribution < 1.29 is 18.3 Å². The Morgan fingerprint density at radius 2 is 2.20 bits per heavy atom. The summed E-state index contributed by atoms with van der Waals surface area (Å²) in [4.78, 5) is 22.1. The summed E-state index contributed by atoms with van der Waals surface area (Å²) in [5.74, 6) is -2.38. The number of ether oxygens (including phenoxy) is 1. The number of hydrogen-bond donors (Lipinski definition) is 0. The number of rotatable bonds is 8. The van der Waals surface area contributed by atoms with E-state index in [1.54, 1.807) is 17.2 Å². The Hall–Kier alpha value is -3.09. The van der Waals surface area contributed by atoms with Crippen LogP contribution in [0.3, 0.4) is 0 Å². The van der Waals surface area contributed by atoms with Crippen LogP contribution in [0, 0.1) is 0 Å². The maximum absolute atomic E-state index is 13.4. The predicted molar refractivity (Wildman–Crippen MR) is 115 cm³/mol. The summed E-state index contributed by atoms with van der Waals surface area (Å²) in [7, 11) is 0. The zero-order chi connectivity index (χ0) is 22.1. The second-order valence-electron chi connectivity index (χ2n) is 6.78. The summed E-state index contributed by atoms with van der Waals surface area (Å²) >= 11 is 0. The molecule has 0 spiro atoms. The molecular weight excluding hydrogens is 388 g/mol. The molecule has 0 atom stereocenters. The monoisotopic (exact) mass is 415 g/mol. The molecule has 2 rings (SSSR count). The van der Waals surface area contributed by atoms with Crippen molar-refractivity contribution in [1.29, 1.82) is 0 Å². The smallest absolute Gasteiger partial charge is 0.272 e. The van der Waals surface area contributed by atoms with Gasteiger partial charge in [-0.1, -0.05) is 25.7 Å². The average molecular weight is 415 g/mol. The molecule has 0 fully saturated rings. The summed E-state index contributed by atoms with van der Waals surface area (Å²) in [6.45, 7) is 9.16. The van der Waals surface area contributed by atoms with Crippen LogP contribution in [0.25, 0.3) is 0 Å². The van der Waals surface area contributed by atoms with Gasteiger partial charge in [0, 0.05) is 44.0 Å². The Bertz CT molecular complexity index is 879. The van der Waals surface area contributed by atoms with Gasteiger partial charge in [0.15, 0.2) is 5.76 Å². The molecule has 0 aliphatic carbocycles. The van der Waals surface area contributed by atoms with Gasteiger partial charge < -0.3 is 9.64 Å². The van der Waals surface area contributed by atoms with Crippen molar-refractivity contribution in [1.82, 2.24) is 9.88 Å². The van der Waals surface area contributed by atoms with Crippen LogP contribution in [0.15, 0.2) is 71.7 Å². The molecule has 0 bridgehead atoms. The minimum Gasteiger partial charge on any atom is -0.437 e. The zero-order valence-electron chi connectivity index (χ0n) is 17.6. The third-order valence-electron chi connectivity index (χ3n) is 4.43. The maximum Gasteiger partial charge on any atom is 0.272 e. The van der Waals surface area contributed by atoms with E-state index in [0.717, 1.165) is 18.7 Å². The van der Waals surface area contributed by atoms with Gasteiger partial charge in [0.05, 0.1) is 0 Å². The standard InChI is InChI=1S/C23H27F2N3O2/c1-5-8-19(30-20-10-9-18(16-27-20)23(4,24)25)22(26-13-6-2)17-11-14-28(15-12-17)21(29)7-3/h6-11,13,16H,3,5,12,14-15H2,1-2,4H3/b13-6-,19-8-,26-22+. The molecular formula is C23H27F2N3O2. The van der Waals surface area contributed by atoms with Crippen molar-refractivity contribution in [3.8, 4) is 5.88 Å². The first kappa shape index (κ1) is 23.2. The van der Waals surface area contributed by atoms with E-state index in [9.17, 15) is 13.6 Å². The maximum atomic E-state index is 13.4. The van der Waals surface area contributed by atoms with Gasteiger partial charge in [-0.05, 0) is 43.6 Å². The van der Waals surface area contributed by atoms with Gasteiger partial charge >= 0.3 is 0 Å². The number of nitrogens with zero attached hydrogens (tertiary/aromatic N) is 3. The molecule has 0 N–H and O–H groups in total. The van der Waals surface area contributed by atoms with E-state index in [1.807, 2.05) is 26.0 Å². The largest absolute Gasteiger partial charge is 0.437 e. The lowest BCUT2D eigenvalue weighted by Crippen LogP contribution is -2.34. The second kappa shape index (κ2) is 10.6. The molecule has 0 unspecified atom stereocenters. The van der Waals surface area contributed by atoms with E-state index in [0.29, 0.717) is 37.4 Å². The summed E-state index contributed by atoms with van der Waals surface area (Å²) in [5, 5.41) is 0. The molecule has 2 heterocycles. The Morgan fingerprint density at radius 3 is 2.70 bits per heavy atom. The lowest BCUT2D eigenvalue weighted by molar-refractivity contribution is -0.125. The third kappa shape index (κ3) is 6.20. The van der Waals surface area contributed by atoms with Crippen LogP contribution in [0.5, 0.6) is 5.88 Å². The Kier molecular flexibility index (Phi) is 8.21. The van der Waals surface area contributed by atoms with Crippen LogP contribution in [0.1, 0.15) is 39.2 Å². The summed E-state index contributed by atoms with van der Waals surface area (Å²) in [6.07, 6.45) is 11.0. The fourth-order valence-electron chi connectivity index (χ4n) is 2.85. The first-order valence-electron chi connectivity index (χ1n) is 9.82. The summed E-state index contributed by atoms with van der Waals surface area (Å²) < 4.78 is 32.8. The van der Waals surface area contributed by atoms with E-state index >= 15 is 0 Å². The summed E-state index contributed by atoms with van der Waals surface area (Å²) in [5.41, 5.74) is 1.39. The van der Waals surface area contributed by atoms with Gasteiger partial charge in [0.1, 0.15) is 5.71 Å². The van der Waals surface area contributed by atoms with E-state index in [4.69, 9.17) is 4.74 Å². The van der Waals surface area contributed by atoms with Crippen LogP contribution in [0.2, 0.25) is 0 Å². The average Bonchev–Trinajstić information content (AvgIpc) is 2.73. The normalized spacial score (nSPS) is 15.9. The van der Waals surface area contributed by atoms with Crippen LogP contribution in [0.4, 0.5) is 8.78 Å². The molecule has 1 aromatic heterocycles. The van der Waals surface area contributed by atoms with Crippen molar-refractivity contribution >= 4 is 11.6 Å². The Morgan fingerprint density at radius 1 is 1.43 bits per heavy atom. The first-order chi connectivity index (χ1) is 14.3. The van der Waals surface area contributed by atoms with Crippen molar-refractivity contribution in [2.45, 2.75) is 39.5 Å². The molecule has 0 saturated heterocycles. The minimum absolute atomic E-state index is 0.116. The molecule has 7 heteroatoms. The van der Waals surface area contributed by atoms with Gasteiger partial charge in [0.2, 0.25) is 11.8 Å². The number of carbonyl (C=O) groups is 1. The number of halogens is 2. The highest BCUT2D eigenvalue weighted by molar-refractivity contribution is 6.11. The van der Waals surface area contributed by atoms with Crippen molar-refractivity contribution in [3.63, 3.8) is 0 Å². The summed E-state index contributed by atoms with van der Waals surface area (Å²) in [6, 6.07) is 2.72. The zero-order valence-corrected chi connectivity index (χ0v) is 17.6. The fourth-order valence-corrected chi connectivity index (χ4v) is 2.85. The Balaban J connectivity index is 2.31. The topological polar surface area (TPSA) is 54.8 Å². The van der Waals surface area contributed by atoms with Crippen molar-refractivity contribution in [2.24, 2.45) is 4.99 Å². The number of pyridine rings is 1. The van der Waals surface area contributed by atoms with Crippen LogP contribution >= 0.6 is 0 Å². The number of amides is 1. The number of carbonyl (C=O) groups excluding carboxylic acids is 1. The molecule has 1 aliphatic heterocycles. The predicted octanol–water partition coefficient (Wildman–Crippen LogP) is 5.19. The Labute approximate surface area is 176 Å². The van der Waals surface area contributed by atoms with E-state index in [2.05, 4.69) is 16.6 Å². The molecule has 1 aromatic rings. The van der Waals surface area contributed by atoms with Gasteiger partial charge in [-0.15, -0.1) is 0 Å². The van der Waals surface area contributed by atoms with E-state index in [-0.39, 0.29) is 17.4 Å². The van der Waals surface area contributed by atoms with Crippen LogP contribution in [-0.2, 0) is 10.7 Å². The van der Waals surface area contributed by atoms with Crippen LogP contribution < -0.4 is 4.74 Å². The number of alkyl halides is 2. The molecule has 30 heavy (non-hydrogen) atoms. The number of aliphatic imine (C=N–C) groups is 1. The molecule has 0 radical (unpaired) electrons. The number of allylic oxidation sites excluding steroid dienone is 3. The van der Waals surface area contributed by atoms with Crippen LogP contribution in [-0.4, -0.2) is 34.6 Å². The lowest BCUT2D eigenvalue weighted by atomic mass is 10.0. The van der Waals surface area contributed by atoms with Gasteiger partial charge in [-0.2, -0.15) is 0 Å². The second-order valence-corrected chi connectivity index (χ2v) is 6.78. The molecule has 1 amide bonds. The molecule has 5 nitrogen and oxygen atoms in total. The number of hydrogen-bond acceptors (Lipinski definition) is 4. The quantitative estimate of drug-likeness (QED) is 0.334. The van der Waals surface area contributed by atoms with E-state index < -0.39 is 5.92 Å². The highest BCUT2D eigenvalue weighted by Crippen LogP contribution is 2.28. The SMILES string of the molecule is C=CC(=O)N1CC=C(C(=N\C=C/C)/C(=C/CC)Oc2ccc(C(C)(F)F)cn2)CC1. The molecule has 1 aliphatic rings. The van der Waals surface area contributed by atoms with Gasteiger partial charge in [-0.25, -0.2) is 13.8 Å². The third-order valence-corrected chi connectivity index (χ3v) is 4.43. The molecule has 160 valence electrons. The van der Waals surface area contributed by atoms with Gasteiger partial charge in [-0.3, -0.25) is 9.79 Å². The van der Waals surface area contributed by atoms with Gasteiger partial charge in [0.25, 0.3) is 5.92 Å². The molecule has 0 aromatic carbocycles. The highest BCUT2D eigenvalue weighted by atomic mass is 19.3. The highest BCUT2D eigenvalue weighted by Gasteiger charge is 2.25. The number of aromatic nitrogens is 1. The lowest BCUT2D eigenvalue weighted by Gasteiger charge is -2.26. The first-order valence-corrected chi connectivity index (χ1v) is 9.82. The van der Waals surface area contributed by atoms with Crippen molar-refractivity contribution in [2.75, 3.05) is 13.1 Å². The fraction of sp³-hybridized carbons (Fsp3) is 0.348.